The van der Waals surface area contributed by atoms with Gasteiger partial charge in [-0.2, -0.15) is 5.26 Å². The van der Waals surface area contributed by atoms with Gasteiger partial charge in [0.25, 0.3) is 0 Å². The molecule has 0 bridgehead atoms. The topological polar surface area (TPSA) is 35.8 Å². The van der Waals surface area contributed by atoms with Crippen LogP contribution in [0.3, 0.4) is 0 Å². The molecule has 2 nitrogen and oxygen atoms in total. The van der Waals surface area contributed by atoms with E-state index < -0.39 is 0 Å². The molecule has 0 heterocycles. The summed E-state index contributed by atoms with van der Waals surface area (Å²) in [6, 6.07) is 9.09. The average molecular weight is 216 g/mol. The normalized spacial score (nSPS) is 12.1. The standard InChI is InChI=1S/C14H20N2/c1-11-6-7-14(10-12(11)2)13(3)16-9-5-4-8-15/h6-7,10,13,16H,4-5,9H2,1-3H3. The number of benzene rings is 1. The van der Waals surface area contributed by atoms with E-state index in [2.05, 4.69) is 50.4 Å². The molecule has 0 fully saturated rings. The zero-order chi connectivity index (χ0) is 12.0. The summed E-state index contributed by atoms with van der Waals surface area (Å²) in [4.78, 5) is 0. The smallest absolute Gasteiger partial charge is 0.0622 e. The van der Waals surface area contributed by atoms with Crippen molar-refractivity contribution in [2.75, 3.05) is 6.54 Å². The fourth-order valence-electron chi connectivity index (χ4n) is 1.64. The first-order valence-corrected chi connectivity index (χ1v) is 5.82. The largest absolute Gasteiger partial charge is 0.310 e. The van der Waals surface area contributed by atoms with Gasteiger partial charge in [-0.1, -0.05) is 18.2 Å². The number of hydrogen-bond donors (Lipinski definition) is 1. The first-order valence-electron chi connectivity index (χ1n) is 5.82. The molecular formula is C14H20N2. The summed E-state index contributed by atoms with van der Waals surface area (Å²) in [6.07, 6.45) is 1.55. The first-order chi connectivity index (χ1) is 7.65. The van der Waals surface area contributed by atoms with E-state index in [0.717, 1.165) is 13.0 Å². The quantitative estimate of drug-likeness (QED) is 0.767. The van der Waals surface area contributed by atoms with E-state index in [0.29, 0.717) is 12.5 Å². The Morgan fingerprint density at radius 3 is 2.69 bits per heavy atom. The summed E-state index contributed by atoms with van der Waals surface area (Å²) in [5.74, 6) is 0. The fraction of sp³-hybridized carbons (Fsp3) is 0.500. The van der Waals surface area contributed by atoms with Gasteiger partial charge in [-0.25, -0.2) is 0 Å². The second-order valence-electron chi connectivity index (χ2n) is 4.28. The maximum absolute atomic E-state index is 8.44. The Hall–Kier alpha value is -1.33. The molecule has 0 aromatic heterocycles. The zero-order valence-electron chi connectivity index (χ0n) is 10.4. The monoisotopic (exact) mass is 216 g/mol. The number of unbranched alkanes of at least 4 members (excludes halogenated alkanes) is 1. The highest BCUT2D eigenvalue weighted by Gasteiger charge is 2.04. The van der Waals surface area contributed by atoms with Gasteiger partial charge in [-0.3, -0.25) is 0 Å². The molecule has 1 N–H and O–H groups in total. The van der Waals surface area contributed by atoms with E-state index in [-0.39, 0.29) is 0 Å². The van der Waals surface area contributed by atoms with E-state index in [9.17, 15) is 0 Å². The maximum atomic E-state index is 8.44. The number of nitriles is 1. The minimum absolute atomic E-state index is 0.359. The number of aryl methyl sites for hydroxylation is 2. The lowest BCUT2D eigenvalue weighted by molar-refractivity contribution is 0.562. The first kappa shape index (κ1) is 12.7. The highest BCUT2D eigenvalue weighted by molar-refractivity contribution is 5.31. The highest BCUT2D eigenvalue weighted by Crippen LogP contribution is 2.16. The number of rotatable bonds is 5. The van der Waals surface area contributed by atoms with E-state index in [4.69, 9.17) is 5.26 Å². The molecule has 0 aliphatic carbocycles. The molecular weight excluding hydrogens is 196 g/mol. The molecule has 0 spiro atoms. The lowest BCUT2D eigenvalue weighted by atomic mass is 10.0. The van der Waals surface area contributed by atoms with Crippen LogP contribution in [-0.2, 0) is 0 Å². The van der Waals surface area contributed by atoms with E-state index >= 15 is 0 Å². The van der Waals surface area contributed by atoms with Gasteiger partial charge in [0.05, 0.1) is 6.07 Å². The Morgan fingerprint density at radius 1 is 1.31 bits per heavy atom. The van der Waals surface area contributed by atoms with E-state index in [1.165, 1.54) is 16.7 Å². The van der Waals surface area contributed by atoms with Crippen molar-refractivity contribution in [1.82, 2.24) is 5.32 Å². The van der Waals surface area contributed by atoms with Crippen molar-refractivity contribution in [3.05, 3.63) is 34.9 Å². The van der Waals surface area contributed by atoms with Crippen LogP contribution in [0.2, 0.25) is 0 Å². The SMILES string of the molecule is Cc1ccc(C(C)NCCCC#N)cc1C. The van der Waals surface area contributed by atoms with Crippen LogP contribution in [0.4, 0.5) is 0 Å². The minimum atomic E-state index is 0.359. The average Bonchev–Trinajstić information content (AvgIpc) is 2.28. The van der Waals surface area contributed by atoms with Crippen molar-refractivity contribution in [2.24, 2.45) is 0 Å². The Morgan fingerprint density at radius 2 is 2.06 bits per heavy atom. The molecule has 1 rings (SSSR count). The van der Waals surface area contributed by atoms with E-state index in [1.54, 1.807) is 0 Å². The van der Waals surface area contributed by atoms with Crippen molar-refractivity contribution in [2.45, 2.75) is 39.7 Å². The lowest BCUT2D eigenvalue weighted by Gasteiger charge is -2.15. The molecule has 0 saturated carbocycles. The molecule has 0 aliphatic rings. The van der Waals surface area contributed by atoms with Gasteiger partial charge in [0.15, 0.2) is 0 Å². The molecule has 0 aliphatic heterocycles. The fourth-order valence-corrected chi connectivity index (χ4v) is 1.64. The van der Waals surface area contributed by atoms with Gasteiger partial charge in [0.2, 0.25) is 0 Å². The molecule has 1 unspecified atom stereocenters. The van der Waals surface area contributed by atoms with Crippen LogP contribution in [0, 0.1) is 25.2 Å². The Bertz CT molecular complexity index is 377. The van der Waals surface area contributed by atoms with Gasteiger partial charge in [-0.15, -0.1) is 0 Å². The third-order valence-electron chi connectivity index (χ3n) is 2.95. The predicted octanol–water partition coefficient (Wildman–Crippen LogP) is 3.26. The molecule has 0 amide bonds. The highest BCUT2D eigenvalue weighted by atomic mass is 14.9. The second kappa shape index (κ2) is 6.30. The minimum Gasteiger partial charge on any atom is -0.310 e. The zero-order valence-corrected chi connectivity index (χ0v) is 10.4. The van der Waals surface area contributed by atoms with Gasteiger partial charge in [0, 0.05) is 12.5 Å². The number of hydrogen-bond acceptors (Lipinski definition) is 2. The van der Waals surface area contributed by atoms with Crippen molar-refractivity contribution < 1.29 is 0 Å². The predicted molar refractivity (Wildman–Crippen MR) is 67.2 cm³/mol. The molecule has 16 heavy (non-hydrogen) atoms. The third kappa shape index (κ3) is 3.67. The molecule has 1 aromatic carbocycles. The van der Waals surface area contributed by atoms with Gasteiger partial charge >= 0.3 is 0 Å². The van der Waals surface area contributed by atoms with Crippen molar-refractivity contribution in [1.29, 1.82) is 5.26 Å². The van der Waals surface area contributed by atoms with Crippen molar-refractivity contribution in [3.8, 4) is 6.07 Å². The van der Waals surface area contributed by atoms with Gasteiger partial charge in [-0.05, 0) is 50.4 Å². The number of nitrogens with zero attached hydrogens (tertiary/aromatic N) is 1. The summed E-state index contributed by atoms with van der Waals surface area (Å²) in [5, 5.41) is 11.9. The van der Waals surface area contributed by atoms with Crippen LogP contribution < -0.4 is 5.32 Å². The van der Waals surface area contributed by atoms with Crippen molar-refractivity contribution >= 4 is 0 Å². The maximum Gasteiger partial charge on any atom is 0.0622 e. The second-order valence-corrected chi connectivity index (χ2v) is 4.28. The summed E-state index contributed by atoms with van der Waals surface area (Å²) < 4.78 is 0. The van der Waals surface area contributed by atoms with Crippen LogP contribution in [0.15, 0.2) is 18.2 Å². The van der Waals surface area contributed by atoms with E-state index in [1.807, 2.05) is 0 Å². The van der Waals surface area contributed by atoms with Crippen LogP contribution in [0.5, 0.6) is 0 Å². The van der Waals surface area contributed by atoms with Gasteiger partial charge in [0.1, 0.15) is 0 Å². The van der Waals surface area contributed by atoms with Crippen molar-refractivity contribution in [3.63, 3.8) is 0 Å². The summed E-state index contributed by atoms with van der Waals surface area (Å²) in [5.41, 5.74) is 3.99. The Labute approximate surface area is 98.3 Å². The van der Waals surface area contributed by atoms with Crippen LogP contribution in [0.25, 0.3) is 0 Å². The van der Waals surface area contributed by atoms with Crippen LogP contribution >= 0.6 is 0 Å². The Balaban J connectivity index is 2.50. The Kier molecular flexibility index (Phi) is 5.01. The van der Waals surface area contributed by atoms with Crippen LogP contribution in [-0.4, -0.2) is 6.54 Å². The third-order valence-corrected chi connectivity index (χ3v) is 2.95. The van der Waals surface area contributed by atoms with Gasteiger partial charge < -0.3 is 5.32 Å². The molecule has 0 saturated heterocycles. The summed E-state index contributed by atoms with van der Waals surface area (Å²) >= 11 is 0. The summed E-state index contributed by atoms with van der Waals surface area (Å²) in [6.45, 7) is 7.34. The summed E-state index contributed by atoms with van der Waals surface area (Å²) in [7, 11) is 0. The molecule has 86 valence electrons. The molecule has 2 heteroatoms. The molecule has 1 atom stereocenters. The number of nitrogens with one attached hydrogen (secondary N) is 1. The van der Waals surface area contributed by atoms with Crippen LogP contribution in [0.1, 0.15) is 42.5 Å². The molecule has 1 aromatic rings. The lowest BCUT2D eigenvalue weighted by Crippen LogP contribution is -2.19. The molecule has 0 radical (unpaired) electrons.